The normalized spacial score (nSPS) is 36.0. The number of fused-ring (bicyclic) bond motifs is 3. The van der Waals surface area contributed by atoms with E-state index in [9.17, 15) is 30.0 Å². The van der Waals surface area contributed by atoms with Gasteiger partial charge in [0.05, 0.1) is 25.7 Å². The highest BCUT2D eigenvalue weighted by Gasteiger charge is 2.65. The molecule has 3 rings (SSSR count). The Labute approximate surface area is 233 Å². The molecule has 7 nitrogen and oxygen atoms in total. The van der Waals surface area contributed by atoms with Crippen molar-refractivity contribution in [1.82, 2.24) is 0 Å². The standard InChI is InChI=1S/C32H48O7/c1-19(2)22-11-12-24-23(29(22,4)15-14-26(35)39-8)13-16-30(5)27(25(34)17-31(24,30)6)21(28(36)37)10-9-20(3)32(7,38)18-33/h12-13,21-22,25,27,33-34,38H,1,3,9-11,14-18H2,2,4-8H3,(H,36,37)/t21?,22-,25+,27-,29-,30+,31-,32?/m0/s1. The summed E-state index contributed by atoms with van der Waals surface area (Å²) < 4.78 is 4.95. The summed E-state index contributed by atoms with van der Waals surface area (Å²) in [4.78, 5) is 24.8. The van der Waals surface area contributed by atoms with Gasteiger partial charge >= 0.3 is 11.9 Å². The van der Waals surface area contributed by atoms with Gasteiger partial charge in [-0.3, -0.25) is 9.59 Å². The number of hydrogen-bond donors (Lipinski definition) is 4. The van der Waals surface area contributed by atoms with E-state index in [4.69, 9.17) is 4.74 Å². The van der Waals surface area contributed by atoms with Gasteiger partial charge in [-0.1, -0.05) is 51.7 Å². The molecule has 39 heavy (non-hydrogen) atoms. The number of hydrogen-bond acceptors (Lipinski definition) is 6. The Morgan fingerprint density at radius 2 is 1.82 bits per heavy atom. The third-order valence-electron chi connectivity index (χ3n) is 10.8. The first-order valence-electron chi connectivity index (χ1n) is 14.1. The summed E-state index contributed by atoms with van der Waals surface area (Å²) in [5.74, 6) is -2.41. The number of carbonyl (C=O) groups is 2. The lowest BCUT2D eigenvalue weighted by molar-refractivity contribution is -0.148. The molecule has 0 heterocycles. The van der Waals surface area contributed by atoms with Gasteiger partial charge in [-0.15, -0.1) is 0 Å². The number of aliphatic hydroxyl groups is 3. The fourth-order valence-corrected chi connectivity index (χ4v) is 8.03. The van der Waals surface area contributed by atoms with E-state index in [-0.39, 0.29) is 30.1 Å². The first-order chi connectivity index (χ1) is 18.0. The zero-order chi connectivity index (χ0) is 29.6. The molecule has 0 aromatic carbocycles. The number of methoxy groups -OCH3 is 1. The summed E-state index contributed by atoms with van der Waals surface area (Å²) in [5.41, 5.74) is 0.963. The molecule has 7 heteroatoms. The topological polar surface area (TPSA) is 124 Å². The van der Waals surface area contributed by atoms with E-state index < -0.39 is 46.9 Å². The molecule has 3 aliphatic rings. The van der Waals surface area contributed by atoms with E-state index in [1.807, 2.05) is 6.92 Å². The van der Waals surface area contributed by atoms with Crippen molar-refractivity contribution in [3.63, 3.8) is 0 Å². The fraction of sp³-hybridized carbons (Fsp3) is 0.688. The fourth-order valence-electron chi connectivity index (χ4n) is 8.03. The first kappa shape index (κ1) is 31.3. The Morgan fingerprint density at radius 3 is 2.36 bits per heavy atom. The quantitative estimate of drug-likeness (QED) is 0.214. The molecule has 2 unspecified atom stereocenters. The van der Waals surface area contributed by atoms with Crippen molar-refractivity contribution in [2.45, 2.75) is 91.3 Å². The molecule has 0 radical (unpaired) electrons. The monoisotopic (exact) mass is 544 g/mol. The van der Waals surface area contributed by atoms with E-state index in [2.05, 4.69) is 46.1 Å². The van der Waals surface area contributed by atoms with Crippen LogP contribution < -0.4 is 0 Å². The van der Waals surface area contributed by atoms with Gasteiger partial charge in [0.25, 0.3) is 0 Å². The molecule has 0 amide bonds. The smallest absolute Gasteiger partial charge is 0.306 e. The van der Waals surface area contributed by atoms with Crippen LogP contribution in [0.15, 0.2) is 47.6 Å². The minimum atomic E-state index is -1.49. The Kier molecular flexibility index (Phi) is 8.82. The maximum atomic E-state index is 12.6. The van der Waals surface area contributed by atoms with Crippen molar-refractivity contribution in [3.8, 4) is 0 Å². The molecule has 1 saturated carbocycles. The Hall–Kier alpha value is -2.22. The summed E-state index contributed by atoms with van der Waals surface area (Å²) in [5, 5.41) is 41.7. The van der Waals surface area contributed by atoms with Gasteiger partial charge in [0.1, 0.15) is 5.60 Å². The van der Waals surface area contributed by atoms with Gasteiger partial charge in [0.15, 0.2) is 0 Å². The largest absolute Gasteiger partial charge is 0.481 e. The predicted octanol–water partition coefficient (Wildman–Crippen LogP) is 4.97. The lowest BCUT2D eigenvalue weighted by atomic mass is 9.48. The Morgan fingerprint density at radius 1 is 1.18 bits per heavy atom. The van der Waals surface area contributed by atoms with Gasteiger partial charge in [0.2, 0.25) is 0 Å². The second kappa shape index (κ2) is 11.0. The molecule has 8 atom stereocenters. The second-order valence-corrected chi connectivity index (χ2v) is 13.1. The third-order valence-corrected chi connectivity index (χ3v) is 10.8. The summed E-state index contributed by atoms with van der Waals surface area (Å²) in [7, 11) is 1.40. The number of carboxylic acids is 1. The van der Waals surface area contributed by atoms with Crippen LogP contribution in [0.1, 0.15) is 79.6 Å². The van der Waals surface area contributed by atoms with E-state index in [1.54, 1.807) is 0 Å². The molecular weight excluding hydrogens is 496 g/mol. The number of aliphatic hydroxyl groups excluding tert-OH is 2. The molecule has 0 spiro atoms. The molecule has 0 saturated heterocycles. The average Bonchev–Trinajstić information content (AvgIpc) is 3.07. The highest BCUT2D eigenvalue weighted by atomic mass is 16.5. The average molecular weight is 545 g/mol. The third kappa shape index (κ3) is 5.18. The van der Waals surface area contributed by atoms with Gasteiger partial charge in [-0.2, -0.15) is 0 Å². The van der Waals surface area contributed by atoms with Crippen molar-refractivity contribution in [3.05, 3.63) is 47.6 Å². The van der Waals surface area contributed by atoms with Crippen LogP contribution in [-0.4, -0.2) is 57.8 Å². The van der Waals surface area contributed by atoms with Crippen molar-refractivity contribution in [2.75, 3.05) is 13.7 Å². The maximum Gasteiger partial charge on any atom is 0.306 e. The van der Waals surface area contributed by atoms with Gasteiger partial charge in [-0.05, 0) is 85.8 Å². The van der Waals surface area contributed by atoms with Crippen LogP contribution >= 0.6 is 0 Å². The zero-order valence-corrected chi connectivity index (χ0v) is 24.5. The van der Waals surface area contributed by atoms with Crippen LogP contribution in [0, 0.1) is 34.0 Å². The van der Waals surface area contributed by atoms with E-state index >= 15 is 0 Å². The van der Waals surface area contributed by atoms with Crippen molar-refractivity contribution < 1.29 is 34.8 Å². The number of esters is 1. The maximum absolute atomic E-state index is 12.6. The summed E-state index contributed by atoms with van der Waals surface area (Å²) in [6.45, 7) is 17.6. The van der Waals surface area contributed by atoms with Gasteiger partial charge in [0, 0.05) is 17.8 Å². The van der Waals surface area contributed by atoms with Crippen LogP contribution in [0.25, 0.3) is 0 Å². The number of allylic oxidation sites excluding steroid dienone is 5. The van der Waals surface area contributed by atoms with E-state index in [0.717, 1.165) is 17.6 Å². The first-order valence-corrected chi connectivity index (χ1v) is 14.1. The minimum Gasteiger partial charge on any atom is -0.481 e. The molecule has 1 fully saturated rings. The lowest BCUT2D eigenvalue weighted by Gasteiger charge is -2.56. The molecule has 4 N–H and O–H groups in total. The van der Waals surface area contributed by atoms with Gasteiger partial charge < -0.3 is 25.2 Å². The highest BCUT2D eigenvalue weighted by Crippen LogP contribution is 2.70. The molecular formula is C32H48O7. The molecule has 0 aromatic heterocycles. The summed E-state index contributed by atoms with van der Waals surface area (Å²) >= 11 is 0. The molecule has 218 valence electrons. The number of ether oxygens (including phenoxy) is 1. The number of carbonyl (C=O) groups excluding carboxylic acids is 1. The van der Waals surface area contributed by atoms with Crippen LogP contribution in [-0.2, 0) is 14.3 Å². The van der Waals surface area contributed by atoms with Crippen LogP contribution in [0.2, 0.25) is 0 Å². The number of rotatable bonds is 11. The van der Waals surface area contributed by atoms with Crippen LogP contribution in [0.4, 0.5) is 0 Å². The lowest BCUT2D eigenvalue weighted by Crippen LogP contribution is -2.48. The van der Waals surface area contributed by atoms with Crippen molar-refractivity contribution >= 4 is 11.9 Å². The SMILES string of the molecule is C=C(C)[C@@H]1CC=C2C(=CC[C@]3(C)[C@@H](C(CCC(=C)C(C)(O)CO)C(=O)O)[C@H](O)C[C@@]23C)[C@@]1(C)CCC(=O)OC. The molecule has 0 aliphatic heterocycles. The van der Waals surface area contributed by atoms with E-state index in [0.29, 0.717) is 31.3 Å². The Balaban J connectivity index is 2.02. The predicted molar refractivity (Wildman–Crippen MR) is 151 cm³/mol. The van der Waals surface area contributed by atoms with Crippen LogP contribution in [0.3, 0.4) is 0 Å². The zero-order valence-electron chi connectivity index (χ0n) is 24.5. The molecule has 0 aromatic rings. The summed E-state index contributed by atoms with van der Waals surface area (Å²) in [6.07, 6.45) is 6.83. The van der Waals surface area contributed by atoms with Crippen LogP contribution in [0.5, 0.6) is 0 Å². The highest BCUT2D eigenvalue weighted by molar-refractivity contribution is 5.71. The Bertz CT molecular complexity index is 1080. The summed E-state index contributed by atoms with van der Waals surface area (Å²) in [6, 6.07) is 0. The minimum absolute atomic E-state index is 0.157. The van der Waals surface area contributed by atoms with Crippen molar-refractivity contribution in [2.24, 2.45) is 34.0 Å². The second-order valence-electron chi connectivity index (χ2n) is 13.1. The molecule has 3 aliphatic carbocycles. The van der Waals surface area contributed by atoms with Gasteiger partial charge in [-0.25, -0.2) is 0 Å². The van der Waals surface area contributed by atoms with Crippen molar-refractivity contribution in [1.29, 1.82) is 0 Å². The number of aliphatic carboxylic acids is 1. The molecule has 0 bridgehead atoms. The van der Waals surface area contributed by atoms with E-state index in [1.165, 1.54) is 19.6 Å². The number of carboxylic acid groups (broad SMARTS) is 1.